The second kappa shape index (κ2) is 4.78. The molecule has 0 atom stereocenters. The molecule has 4 nitrogen and oxygen atoms in total. The molecule has 20 heavy (non-hydrogen) atoms. The van der Waals surface area contributed by atoms with Crippen molar-refractivity contribution in [2.75, 3.05) is 5.73 Å². The van der Waals surface area contributed by atoms with Gasteiger partial charge in [-0.3, -0.25) is 0 Å². The largest absolute Gasteiger partial charge is 0.382 e. The van der Waals surface area contributed by atoms with Gasteiger partial charge in [0.2, 0.25) is 0 Å². The zero-order valence-corrected chi connectivity index (χ0v) is 12.2. The molecule has 2 aromatic heterocycles. The summed E-state index contributed by atoms with van der Waals surface area (Å²) in [6.45, 7) is 7.52. The molecule has 0 bridgehead atoms. The lowest BCUT2D eigenvalue weighted by atomic mass is 10.1. The third-order valence-corrected chi connectivity index (χ3v) is 3.55. The number of nitrogens with zero attached hydrogens (tertiary/aromatic N) is 3. The quantitative estimate of drug-likeness (QED) is 0.792. The molecule has 1 aromatic carbocycles. The van der Waals surface area contributed by atoms with E-state index in [1.165, 1.54) is 0 Å². The number of pyridine rings is 1. The standard InChI is InChI=1S/C16H20N4/c1-4-13-19-14-15(20(13)9-10(2)3)11-7-5-6-8-12(11)18-16(14)17/h5-8,10H,4,9H2,1-3H3,(H2,17,18). The average molecular weight is 268 g/mol. The lowest BCUT2D eigenvalue weighted by Gasteiger charge is -2.12. The van der Waals surface area contributed by atoms with Gasteiger partial charge in [-0.05, 0) is 12.0 Å². The Bertz CT molecular complexity index is 771. The molecule has 3 aromatic rings. The maximum atomic E-state index is 6.10. The minimum absolute atomic E-state index is 0.524. The van der Waals surface area contributed by atoms with E-state index in [0.717, 1.165) is 40.7 Å². The van der Waals surface area contributed by atoms with E-state index in [2.05, 4.69) is 36.4 Å². The predicted molar refractivity (Wildman–Crippen MR) is 83.7 cm³/mol. The van der Waals surface area contributed by atoms with E-state index in [1.807, 2.05) is 18.2 Å². The molecule has 0 fully saturated rings. The second-order valence-electron chi connectivity index (χ2n) is 5.60. The number of nitrogens with two attached hydrogens (primary N) is 1. The van der Waals surface area contributed by atoms with Crippen LogP contribution in [0.1, 0.15) is 26.6 Å². The molecule has 0 aliphatic rings. The van der Waals surface area contributed by atoms with E-state index < -0.39 is 0 Å². The number of para-hydroxylation sites is 1. The molecule has 0 spiro atoms. The first-order valence-electron chi connectivity index (χ1n) is 7.15. The van der Waals surface area contributed by atoms with E-state index in [0.29, 0.717) is 11.7 Å². The van der Waals surface area contributed by atoms with E-state index >= 15 is 0 Å². The summed E-state index contributed by atoms with van der Waals surface area (Å²) in [5.41, 5.74) is 9.00. The number of hydrogen-bond donors (Lipinski definition) is 1. The van der Waals surface area contributed by atoms with E-state index in [9.17, 15) is 0 Å². The minimum Gasteiger partial charge on any atom is -0.382 e. The summed E-state index contributed by atoms with van der Waals surface area (Å²) in [5, 5.41) is 1.13. The molecular formula is C16H20N4. The zero-order valence-electron chi connectivity index (χ0n) is 12.2. The van der Waals surface area contributed by atoms with Gasteiger partial charge in [-0.15, -0.1) is 0 Å². The number of imidazole rings is 1. The lowest BCUT2D eigenvalue weighted by molar-refractivity contribution is 0.519. The molecule has 0 saturated heterocycles. The summed E-state index contributed by atoms with van der Waals surface area (Å²) in [7, 11) is 0. The predicted octanol–water partition coefficient (Wildman–Crippen LogP) is 3.39. The van der Waals surface area contributed by atoms with Crippen LogP contribution in [0.5, 0.6) is 0 Å². The summed E-state index contributed by atoms with van der Waals surface area (Å²) in [6.07, 6.45) is 0.898. The summed E-state index contributed by atoms with van der Waals surface area (Å²) < 4.78 is 2.31. The van der Waals surface area contributed by atoms with Crippen molar-refractivity contribution in [3.8, 4) is 0 Å². The number of aromatic nitrogens is 3. The number of rotatable bonds is 3. The third-order valence-electron chi connectivity index (χ3n) is 3.55. The molecule has 0 saturated carbocycles. The fourth-order valence-electron chi connectivity index (χ4n) is 2.74. The number of aryl methyl sites for hydroxylation is 1. The molecule has 2 N–H and O–H groups in total. The molecule has 0 aliphatic heterocycles. The van der Waals surface area contributed by atoms with Crippen LogP contribution in [0.2, 0.25) is 0 Å². The average Bonchev–Trinajstić information content (AvgIpc) is 2.78. The van der Waals surface area contributed by atoms with Gasteiger partial charge in [0, 0.05) is 18.4 Å². The van der Waals surface area contributed by atoms with Crippen LogP contribution in [0, 0.1) is 5.92 Å². The Morgan fingerprint density at radius 1 is 1.20 bits per heavy atom. The first-order chi connectivity index (χ1) is 9.61. The van der Waals surface area contributed by atoms with Crippen molar-refractivity contribution in [3.63, 3.8) is 0 Å². The number of anilines is 1. The van der Waals surface area contributed by atoms with Crippen molar-refractivity contribution in [3.05, 3.63) is 30.1 Å². The van der Waals surface area contributed by atoms with Gasteiger partial charge in [-0.25, -0.2) is 9.97 Å². The molecule has 2 heterocycles. The van der Waals surface area contributed by atoms with Crippen LogP contribution in [-0.4, -0.2) is 14.5 Å². The highest BCUT2D eigenvalue weighted by molar-refractivity contribution is 6.06. The van der Waals surface area contributed by atoms with Crippen molar-refractivity contribution in [2.45, 2.75) is 33.7 Å². The Labute approximate surface area is 118 Å². The van der Waals surface area contributed by atoms with Crippen molar-refractivity contribution >= 4 is 27.8 Å². The molecule has 104 valence electrons. The van der Waals surface area contributed by atoms with Gasteiger partial charge in [-0.1, -0.05) is 39.0 Å². The summed E-state index contributed by atoms with van der Waals surface area (Å²) in [4.78, 5) is 9.18. The molecule has 0 radical (unpaired) electrons. The van der Waals surface area contributed by atoms with Crippen molar-refractivity contribution in [2.24, 2.45) is 5.92 Å². The highest BCUT2D eigenvalue weighted by atomic mass is 15.1. The molecule has 3 rings (SSSR count). The van der Waals surface area contributed by atoms with Crippen LogP contribution in [0.25, 0.3) is 21.9 Å². The fraction of sp³-hybridized carbons (Fsp3) is 0.375. The van der Waals surface area contributed by atoms with Gasteiger partial charge >= 0.3 is 0 Å². The monoisotopic (exact) mass is 268 g/mol. The van der Waals surface area contributed by atoms with Gasteiger partial charge in [0.05, 0.1) is 11.0 Å². The highest BCUT2D eigenvalue weighted by Crippen LogP contribution is 2.29. The third kappa shape index (κ3) is 1.92. The van der Waals surface area contributed by atoms with Crippen LogP contribution in [0.4, 0.5) is 5.82 Å². The van der Waals surface area contributed by atoms with Gasteiger partial charge in [-0.2, -0.15) is 0 Å². The van der Waals surface area contributed by atoms with Crippen LogP contribution in [0.3, 0.4) is 0 Å². The summed E-state index contributed by atoms with van der Waals surface area (Å²) in [6, 6.07) is 8.13. The van der Waals surface area contributed by atoms with Gasteiger partial charge in [0.1, 0.15) is 11.3 Å². The number of benzene rings is 1. The second-order valence-corrected chi connectivity index (χ2v) is 5.60. The van der Waals surface area contributed by atoms with Crippen LogP contribution in [-0.2, 0) is 13.0 Å². The molecule has 4 heteroatoms. The van der Waals surface area contributed by atoms with E-state index in [1.54, 1.807) is 0 Å². The minimum atomic E-state index is 0.524. The Morgan fingerprint density at radius 3 is 2.65 bits per heavy atom. The van der Waals surface area contributed by atoms with Crippen LogP contribution in [0.15, 0.2) is 24.3 Å². The van der Waals surface area contributed by atoms with Gasteiger partial charge < -0.3 is 10.3 Å². The highest BCUT2D eigenvalue weighted by Gasteiger charge is 2.16. The van der Waals surface area contributed by atoms with E-state index in [-0.39, 0.29) is 0 Å². The smallest absolute Gasteiger partial charge is 0.152 e. The van der Waals surface area contributed by atoms with Crippen LogP contribution >= 0.6 is 0 Å². The lowest BCUT2D eigenvalue weighted by Crippen LogP contribution is -2.08. The van der Waals surface area contributed by atoms with Gasteiger partial charge in [0.15, 0.2) is 5.82 Å². The first kappa shape index (κ1) is 12.9. The van der Waals surface area contributed by atoms with Crippen molar-refractivity contribution in [1.29, 1.82) is 0 Å². The van der Waals surface area contributed by atoms with Crippen LogP contribution < -0.4 is 5.73 Å². The Kier molecular flexibility index (Phi) is 3.08. The molecular weight excluding hydrogens is 248 g/mol. The number of nitrogen functional groups attached to an aromatic ring is 1. The normalized spacial score (nSPS) is 11.8. The molecule has 0 unspecified atom stereocenters. The summed E-state index contributed by atoms with van der Waals surface area (Å²) in [5.74, 6) is 2.17. The fourth-order valence-corrected chi connectivity index (χ4v) is 2.74. The molecule has 0 aliphatic carbocycles. The Morgan fingerprint density at radius 2 is 1.95 bits per heavy atom. The van der Waals surface area contributed by atoms with Crippen molar-refractivity contribution < 1.29 is 0 Å². The maximum absolute atomic E-state index is 6.10. The summed E-state index contributed by atoms with van der Waals surface area (Å²) >= 11 is 0. The Balaban J connectivity index is 2.44. The topological polar surface area (TPSA) is 56.7 Å². The number of fused-ring (bicyclic) bond motifs is 3. The van der Waals surface area contributed by atoms with Crippen molar-refractivity contribution in [1.82, 2.24) is 14.5 Å². The zero-order chi connectivity index (χ0) is 14.3. The van der Waals surface area contributed by atoms with E-state index in [4.69, 9.17) is 10.7 Å². The number of hydrogen-bond acceptors (Lipinski definition) is 3. The SMILES string of the molecule is CCc1nc2c(N)nc3ccccc3c2n1CC(C)C. The molecule has 0 amide bonds. The maximum Gasteiger partial charge on any atom is 0.152 e. The Hall–Kier alpha value is -2.10. The van der Waals surface area contributed by atoms with Gasteiger partial charge in [0.25, 0.3) is 0 Å². The first-order valence-corrected chi connectivity index (χ1v) is 7.15.